The monoisotopic (exact) mass is 429 g/mol. The van der Waals surface area contributed by atoms with E-state index in [1.54, 1.807) is 0 Å². The maximum atomic E-state index is 13.1. The fourth-order valence-corrected chi connectivity index (χ4v) is 4.22. The molecule has 3 aromatic carbocycles. The number of nitrogens with one attached hydrogen (secondary N) is 2. The third kappa shape index (κ3) is 4.97. The molecule has 0 unspecified atom stereocenters. The zero-order valence-electron chi connectivity index (χ0n) is 18.1. The Hall–Kier alpha value is -3.67. The highest BCUT2D eigenvalue weighted by Gasteiger charge is 2.28. The molecule has 3 aromatic rings. The first kappa shape index (κ1) is 21.6. The van der Waals surface area contributed by atoms with Crippen LogP contribution in [-0.2, 0) is 16.1 Å². The number of rotatable bonds is 5. The van der Waals surface area contributed by atoms with E-state index < -0.39 is 0 Å². The van der Waals surface area contributed by atoms with Crippen LogP contribution in [-0.4, -0.2) is 35.7 Å². The molecule has 1 saturated heterocycles. The summed E-state index contributed by atoms with van der Waals surface area (Å²) in [4.78, 5) is 38.8. The fourth-order valence-electron chi connectivity index (χ4n) is 4.22. The van der Waals surface area contributed by atoms with E-state index in [0.717, 1.165) is 16.3 Å². The first-order valence-corrected chi connectivity index (χ1v) is 10.9. The number of hydrogen-bond acceptors (Lipinski definition) is 3. The second-order valence-electron chi connectivity index (χ2n) is 8.19. The summed E-state index contributed by atoms with van der Waals surface area (Å²) in [5.74, 6) is -0.205. The lowest BCUT2D eigenvalue weighted by Gasteiger charge is -2.31. The number of fused-ring (bicyclic) bond motifs is 1. The average molecular weight is 430 g/mol. The van der Waals surface area contributed by atoms with Crippen molar-refractivity contribution in [1.29, 1.82) is 0 Å². The van der Waals surface area contributed by atoms with Crippen LogP contribution in [0.5, 0.6) is 0 Å². The minimum absolute atomic E-state index is 0.00666. The highest BCUT2D eigenvalue weighted by atomic mass is 16.2. The standard InChI is InChI=1S/C26H27N3O3/c1-18(30)28-22-9-4-6-19(16-22)17-27-25(31)21-12-14-29(15-13-21)26(32)24-11-5-8-20-7-2-3-10-23(20)24/h2-11,16,21H,12-15,17H2,1H3,(H,27,31)(H,28,30). The van der Waals surface area contributed by atoms with Crippen LogP contribution >= 0.6 is 0 Å². The zero-order valence-corrected chi connectivity index (χ0v) is 18.1. The fraction of sp³-hybridized carbons (Fsp3) is 0.269. The number of carbonyl (C=O) groups excluding carboxylic acids is 3. The molecule has 0 bridgehead atoms. The van der Waals surface area contributed by atoms with E-state index in [1.165, 1.54) is 6.92 Å². The molecule has 0 aromatic heterocycles. The van der Waals surface area contributed by atoms with Crippen molar-refractivity contribution in [2.24, 2.45) is 5.92 Å². The number of likely N-dealkylation sites (tertiary alicyclic amines) is 1. The molecule has 0 atom stereocenters. The number of anilines is 1. The molecular formula is C26H27N3O3. The van der Waals surface area contributed by atoms with Crippen molar-refractivity contribution < 1.29 is 14.4 Å². The molecule has 6 heteroatoms. The van der Waals surface area contributed by atoms with Crippen LogP contribution in [0.4, 0.5) is 5.69 Å². The topological polar surface area (TPSA) is 78.5 Å². The quantitative estimate of drug-likeness (QED) is 0.644. The summed E-state index contributed by atoms with van der Waals surface area (Å²) in [6.07, 6.45) is 1.29. The highest BCUT2D eigenvalue weighted by molar-refractivity contribution is 6.07. The second-order valence-corrected chi connectivity index (χ2v) is 8.19. The number of amides is 3. The van der Waals surface area contributed by atoms with Gasteiger partial charge in [0.25, 0.3) is 5.91 Å². The van der Waals surface area contributed by atoms with Gasteiger partial charge in [-0.15, -0.1) is 0 Å². The van der Waals surface area contributed by atoms with Gasteiger partial charge in [-0.05, 0) is 47.4 Å². The van der Waals surface area contributed by atoms with Crippen molar-refractivity contribution in [3.63, 3.8) is 0 Å². The van der Waals surface area contributed by atoms with E-state index in [2.05, 4.69) is 10.6 Å². The van der Waals surface area contributed by atoms with E-state index in [0.29, 0.717) is 43.7 Å². The molecule has 0 spiro atoms. The van der Waals surface area contributed by atoms with Crippen LogP contribution in [0, 0.1) is 5.92 Å². The van der Waals surface area contributed by atoms with Gasteiger partial charge < -0.3 is 15.5 Å². The lowest BCUT2D eigenvalue weighted by atomic mass is 9.94. The van der Waals surface area contributed by atoms with Crippen LogP contribution in [0.1, 0.15) is 35.7 Å². The Morgan fingerprint density at radius 1 is 0.938 bits per heavy atom. The minimum Gasteiger partial charge on any atom is -0.352 e. The lowest BCUT2D eigenvalue weighted by Crippen LogP contribution is -2.43. The molecule has 4 rings (SSSR count). The van der Waals surface area contributed by atoms with Crippen LogP contribution in [0.3, 0.4) is 0 Å². The van der Waals surface area contributed by atoms with Gasteiger partial charge in [0.15, 0.2) is 0 Å². The molecule has 0 radical (unpaired) electrons. The molecule has 0 saturated carbocycles. The summed E-state index contributed by atoms with van der Waals surface area (Å²) in [5.41, 5.74) is 2.35. The molecule has 164 valence electrons. The van der Waals surface area contributed by atoms with Crippen molar-refractivity contribution >= 4 is 34.2 Å². The first-order valence-electron chi connectivity index (χ1n) is 10.9. The first-order chi connectivity index (χ1) is 15.5. The number of hydrogen-bond donors (Lipinski definition) is 2. The van der Waals surface area contributed by atoms with Gasteiger partial charge in [-0.3, -0.25) is 14.4 Å². The summed E-state index contributed by atoms with van der Waals surface area (Å²) in [7, 11) is 0. The van der Waals surface area contributed by atoms with E-state index in [4.69, 9.17) is 0 Å². The van der Waals surface area contributed by atoms with E-state index in [1.807, 2.05) is 71.6 Å². The predicted octanol–water partition coefficient (Wildman–Crippen LogP) is 3.97. The van der Waals surface area contributed by atoms with Crippen molar-refractivity contribution in [1.82, 2.24) is 10.2 Å². The largest absolute Gasteiger partial charge is 0.352 e. The van der Waals surface area contributed by atoms with Gasteiger partial charge in [0.05, 0.1) is 0 Å². The average Bonchev–Trinajstić information content (AvgIpc) is 2.81. The molecule has 0 aliphatic carbocycles. The van der Waals surface area contributed by atoms with Gasteiger partial charge in [0.1, 0.15) is 0 Å². The number of nitrogens with zero attached hydrogens (tertiary/aromatic N) is 1. The summed E-state index contributed by atoms with van der Waals surface area (Å²) in [5, 5.41) is 7.75. The van der Waals surface area contributed by atoms with Gasteiger partial charge in [0.2, 0.25) is 11.8 Å². The molecule has 2 N–H and O–H groups in total. The molecule has 1 aliphatic heterocycles. The van der Waals surface area contributed by atoms with E-state index in [9.17, 15) is 14.4 Å². The minimum atomic E-state index is -0.129. The maximum absolute atomic E-state index is 13.1. The van der Waals surface area contributed by atoms with Crippen LogP contribution in [0.25, 0.3) is 10.8 Å². The summed E-state index contributed by atoms with van der Waals surface area (Å²) >= 11 is 0. The van der Waals surface area contributed by atoms with Crippen LogP contribution in [0.15, 0.2) is 66.7 Å². The van der Waals surface area contributed by atoms with Gasteiger partial charge in [0, 0.05) is 43.7 Å². The molecule has 32 heavy (non-hydrogen) atoms. The zero-order chi connectivity index (χ0) is 22.5. The Labute approximate surface area is 187 Å². The Bertz CT molecular complexity index is 1140. The normalized spacial score (nSPS) is 14.2. The number of benzene rings is 3. The predicted molar refractivity (Wildman–Crippen MR) is 125 cm³/mol. The van der Waals surface area contributed by atoms with Crippen LogP contribution < -0.4 is 10.6 Å². The third-order valence-electron chi connectivity index (χ3n) is 5.89. The third-order valence-corrected chi connectivity index (χ3v) is 5.89. The molecule has 3 amide bonds. The lowest BCUT2D eigenvalue weighted by molar-refractivity contribution is -0.126. The Balaban J connectivity index is 1.32. The molecular weight excluding hydrogens is 402 g/mol. The van der Waals surface area contributed by atoms with Crippen molar-refractivity contribution in [3.05, 3.63) is 77.9 Å². The van der Waals surface area contributed by atoms with Gasteiger partial charge in [-0.1, -0.05) is 48.5 Å². The maximum Gasteiger partial charge on any atom is 0.254 e. The van der Waals surface area contributed by atoms with Gasteiger partial charge in [-0.25, -0.2) is 0 Å². The smallest absolute Gasteiger partial charge is 0.254 e. The Kier molecular flexibility index (Phi) is 6.50. The number of piperidine rings is 1. The van der Waals surface area contributed by atoms with Crippen molar-refractivity contribution in [3.8, 4) is 0 Å². The summed E-state index contributed by atoms with van der Waals surface area (Å²) < 4.78 is 0. The SMILES string of the molecule is CC(=O)Nc1cccc(CNC(=O)C2CCN(C(=O)c3cccc4ccccc34)CC2)c1. The molecule has 6 nitrogen and oxygen atoms in total. The second kappa shape index (κ2) is 9.64. The molecule has 1 aliphatic rings. The molecule has 1 fully saturated rings. The summed E-state index contributed by atoms with van der Waals surface area (Å²) in [6, 6.07) is 21.1. The van der Waals surface area contributed by atoms with E-state index in [-0.39, 0.29) is 23.6 Å². The number of carbonyl (C=O) groups is 3. The van der Waals surface area contributed by atoms with Gasteiger partial charge in [-0.2, -0.15) is 0 Å². The van der Waals surface area contributed by atoms with E-state index >= 15 is 0 Å². The van der Waals surface area contributed by atoms with Gasteiger partial charge >= 0.3 is 0 Å². The van der Waals surface area contributed by atoms with Crippen molar-refractivity contribution in [2.75, 3.05) is 18.4 Å². The Morgan fingerprint density at radius 3 is 2.44 bits per heavy atom. The van der Waals surface area contributed by atoms with Crippen LogP contribution in [0.2, 0.25) is 0 Å². The van der Waals surface area contributed by atoms with Crippen molar-refractivity contribution in [2.45, 2.75) is 26.3 Å². The summed E-state index contributed by atoms with van der Waals surface area (Å²) in [6.45, 7) is 3.00. The molecule has 1 heterocycles. The Morgan fingerprint density at radius 2 is 1.66 bits per heavy atom. The highest BCUT2D eigenvalue weighted by Crippen LogP contribution is 2.24.